The summed E-state index contributed by atoms with van der Waals surface area (Å²) in [6.07, 6.45) is 2.70. The van der Waals surface area contributed by atoms with Crippen LogP contribution in [0.3, 0.4) is 0 Å². The highest BCUT2D eigenvalue weighted by Crippen LogP contribution is 2.06. The smallest absolute Gasteiger partial charge is 0.191 e. The average Bonchev–Trinajstić information content (AvgIpc) is 3.14. The number of aromatic nitrogens is 3. The molecule has 8 heteroatoms. The van der Waals surface area contributed by atoms with Crippen LogP contribution >= 0.6 is 0 Å². The van der Waals surface area contributed by atoms with E-state index in [1.807, 2.05) is 0 Å². The minimum absolute atomic E-state index is 0.554. The molecule has 0 bridgehead atoms. The second kappa shape index (κ2) is 11.9. The predicted octanol–water partition coefficient (Wildman–Crippen LogP) is 0.669. The molecule has 1 unspecified atom stereocenters. The topological polar surface area (TPSA) is 73.6 Å². The normalized spacial score (nSPS) is 17.9. The number of likely N-dealkylation sites (N-methyl/N-ethyl adjacent to an activating group) is 1. The van der Waals surface area contributed by atoms with E-state index < -0.39 is 0 Å². The Bertz CT molecular complexity index is 548. The van der Waals surface area contributed by atoms with E-state index in [1.165, 1.54) is 32.7 Å². The van der Waals surface area contributed by atoms with Crippen molar-refractivity contribution in [2.45, 2.75) is 40.7 Å². The van der Waals surface area contributed by atoms with Gasteiger partial charge in [-0.25, -0.2) is 0 Å². The van der Waals surface area contributed by atoms with Crippen molar-refractivity contribution in [2.24, 2.45) is 10.9 Å². The molecule has 1 atom stereocenters. The van der Waals surface area contributed by atoms with E-state index in [0.717, 1.165) is 50.9 Å². The Balaban J connectivity index is 1.73. The third-order valence-electron chi connectivity index (χ3n) is 5.04. The van der Waals surface area contributed by atoms with E-state index in [9.17, 15) is 0 Å². The Morgan fingerprint density at radius 3 is 2.56 bits per heavy atom. The van der Waals surface area contributed by atoms with Gasteiger partial charge in [-0.1, -0.05) is 20.8 Å². The fourth-order valence-electron chi connectivity index (χ4n) is 3.41. The van der Waals surface area contributed by atoms with Crippen LogP contribution in [-0.4, -0.2) is 89.4 Å². The number of nitrogens with zero attached hydrogens (tertiary/aromatic N) is 6. The van der Waals surface area contributed by atoms with Crippen molar-refractivity contribution in [3.63, 3.8) is 0 Å². The van der Waals surface area contributed by atoms with E-state index in [1.54, 1.807) is 6.33 Å². The molecule has 1 aromatic heterocycles. The van der Waals surface area contributed by atoms with Gasteiger partial charge in [0.05, 0.1) is 0 Å². The van der Waals surface area contributed by atoms with Crippen molar-refractivity contribution in [1.29, 1.82) is 0 Å². The zero-order chi connectivity index (χ0) is 19.5. The lowest BCUT2D eigenvalue weighted by Crippen LogP contribution is -2.47. The number of piperazine rings is 1. The quantitative estimate of drug-likeness (QED) is 0.460. The molecule has 0 radical (unpaired) electrons. The highest BCUT2D eigenvalue weighted by molar-refractivity contribution is 5.79. The molecule has 1 aliphatic heterocycles. The van der Waals surface area contributed by atoms with Gasteiger partial charge < -0.3 is 25.0 Å². The highest BCUT2D eigenvalue weighted by Gasteiger charge is 2.17. The first-order valence-electron chi connectivity index (χ1n) is 10.5. The van der Waals surface area contributed by atoms with Crippen molar-refractivity contribution in [2.75, 3.05) is 58.9 Å². The fraction of sp³-hybridized carbons (Fsp3) is 0.842. The highest BCUT2D eigenvalue weighted by atomic mass is 15.3. The molecule has 1 fully saturated rings. The number of aryl methyl sites for hydroxylation is 1. The van der Waals surface area contributed by atoms with Crippen LogP contribution in [0.1, 0.15) is 33.5 Å². The second-order valence-electron chi connectivity index (χ2n) is 7.28. The van der Waals surface area contributed by atoms with Crippen LogP contribution in [0.25, 0.3) is 0 Å². The predicted molar refractivity (Wildman–Crippen MR) is 111 cm³/mol. The van der Waals surface area contributed by atoms with Crippen LogP contribution in [0.15, 0.2) is 11.3 Å². The monoisotopic (exact) mass is 378 g/mol. The maximum atomic E-state index is 4.79. The molecular weight excluding hydrogens is 340 g/mol. The maximum absolute atomic E-state index is 4.79. The van der Waals surface area contributed by atoms with Gasteiger partial charge in [0.15, 0.2) is 5.96 Å². The molecule has 2 rings (SSSR count). The summed E-state index contributed by atoms with van der Waals surface area (Å²) in [5, 5.41) is 14.9. The lowest BCUT2D eigenvalue weighted by Gasteiger charge is -2.35. The molecule has 0 saturated carbocycles. The molecule has 2 heterocycles. The number of guanidine groups is 1. The molecule has 0 amide bonds. The van der Waals surface area contributed by atoms with Crippen molar-refractivity contribution >= 4 is 5.96 Å². The van der Waals surface area contributed by atoms with Crippen molar-refractivity contribution in [3.05, 3.63) is 12.2 Å². The minimum atomic E-state index is 0.554. The van der Waals surface area contributed by atoms with Crippen LogP contribution in [0.5, 0.6) is 0 Å². The van der Waals surface area contributed by atoms with Gasteiger partial charge >= 0.3 is 0 Å². The summed E-state index contributed by atoms with van der Waals surface area (Å²) in [4.78, 5) is 9.88. The van der Waals surface area contributed by atoms with Crippen LogP contribution in [-0.2, 0) is 13.0 Å². The summed E-state index contributed by atoms with van der Waals surface area (Å²) in [5.74, 6) is 2.47. The lowest BCUT2D eigenvalue weighted by molar-refractivity contribution is 0.125. The average molecular weight is 379 g/mol. The number of hydrogen-bond acceptors (Lipinski definition) is 5. The first-order chi connectivity index (χ1) is 13.2. The van der Waals surface area contributed by atoms with Gasteiger partial charge in [-0.15, -0.1) is 10.2 Å². The summed E-state index contributed by atoms with van der Waals surface area (Å²) >= 11 is 0. The molecule has 0 spiro atoms. The third-order valence-corrected chi connectivity index (χ3v) is 5.04. The Morgan fingerprint density at radius 1 is 1.15 bits per heavy atom. The van der Waals surface area contributed by atoms with Crippen molar-refractivity contribution < 1.29 is 0 Å². The fourth-order valence-corrected chi connectivity index (χ4v) is 3.41. The van der Waals surface area contributed by atoms with E-state index in [0.29, 0.717) is 5.92 Å². The van der Waals surface area contributed by atoms with Gasteiger partial charge in [0.1, 0.15) is 12.2 Å². The number of rotatable bonds is 10. The van der Waals surface area contributed by atoms with Gasteiger partial charge in [0.2, 0.25) is 0 Å². The van der Waals surface area contributed by atoms with E-state index in [4.69, 9.17) is 4.99 Å². The number of hydrogen-bond donors (Lipinski definition) is 2. The maximum Gasteiger partial charge on any atom is 0.191 e. The van der Waals surface area contributed by atoms with Gasteiger partial charge in [-0.3, -0.25) is 4.99 Å². The Kier molecular flexibility index (Phi) is 9.55. The molecule has 0 aliphatic carbocycles. The van der Waals surface area contributed by atoms with Gasteiger partial charge in [-0.05, 0) is 19.4 Å². The molecule has 0 aromatic carbocycles. The summed E-state index contributed by atoms with van der Waals surface area (Å²) in [7, 11) is 0. The van der Waals surface area contributed by atoms with Crippen LogP contribution in [0.2, 0.25) is 0 Å². The first kappa shape index (κ1) is 21.6. The van der Waals surface area contributed by atoms with Crippen molar-refractivity contribution in [1.82, 2.24) is 35.2 Å². The largest absolute Gasteiger partial charge is 0.357 e. The number of nitrogens with one attached hydrogen (secondary N) is 2. The minimum Gasteiger partial charge on any atom is -0.357 e. The molecule has 2 N–H and O–H groups in total. The van der Waals surface area contributed by atoms with Gasteiger partial charge in [-0.2, -0.15) is 0 Å². The summed E-state index contributed by atoms with van der Waals surface area (Å²) < 4.78 is 2.09. The van der Waals surface area contributed by atoms with E-state index in [2.05, 4.69) is 62.9 Å². The molecule has 8 nitrogen and oxygen atoms in total. The molecule has 1 saturated heterocycles. The molecule has 154 valence electrons. The first-order valence-corrected chi connectivity index (χ1v) is 10.5. The Labute approximate surface area is 164 Å². The third kappa shape index (κ3) is 7.46. The second-order valence-corrected chi connectivity index (χ2v) is 7.28. The summed E-state index contributed by atoms with van der Waals surface area (Å²) in [6.45, 7) is 19.1. The molecule has 27 heavy (non-hydrogen) atoms. The summed E-state index contributed by atoms with van der Waals surface area (Å²) in [5.41, 5.74) is 0. The van der Waals surface area contributed by atoms with Gasteiger partial charge in [0, 0.05) is 65.3 Å². The van der Waals surface area contributed by atoms with E-state index >= 15 is 0 Å². The standard InChI is InChI=1S/C19H38N8/c1-5-18-24-23-16-27(18)9-8-21-19(20-6-2)22-14-17(4)15-26-12-10-25(7-3)11-13-26/h16-17H,5-15H2,1-4H3,(H2,20,21,22). The Hall–Kier alpha value is -1.67. The molecule has 1 aromatic rings. The molecular formula is C19H38N8. The van der Waals surface area contributed by atoms with Crippen LogP contribution in [0, 0.1) is 5.92 Å². The lowest BCUT2D eigenvalue weighted by atomic mass is 10.1. The van der Waals surface area contributed by atoms with Crippen LogP contribution in [0.4, 0.5) is 0 Å². The zero-order valence-corrected chi connectivity index (χ0v) is 17.6. The zero-order valence-electron chi connectivity index (χ0n) is 17.6. The van der Waals surface area contributed by atoms with Gasteiger partial charge in [0.25, 0.3) is 0 Å². The summed E-state index contributed by atoms with van der Waals surface area (Å²) in [6, 6.07) is 0. The molecule has 1 aliphatic rings. The van der Waals surface area contributed by atoms with Crippen molar-refractivity contribution in [3.8, 4) is 0 Å². The SMILES string of the molecule is CCNC(=NCC(C)CN1CCN(CC)CC1)NCCn1cnnc1CC. The Morgan fingerprint density at radius 2 is 1.89 bits per heavy atom. The van der Waals surface area contributed by atoms with E-state index in [-0.39, 0.29) is 0 Å². The number of aliphatic imine (C=N–C) groups is 1. The van der Waals surface area contributed by atoms with Crippen LogP contribution < -0.4 is 10.6 Å².